The fourth-order valence-corrected chi connectivity index (χ4v) is 1.40. The van der Waals surface area contributed by atoms with Crippen LogP contribution in [0.1, 0.15) is 17.3 Å². The van der Waals surface area contributed by atoms with E-state index in [1.807, 2.05) is 6.92 Å². The summed E-state index contributed by atoms with van der Waals surface area (Å²) in [6, 6.07) is 3.81. The van der Waals surface area contributed by atoms with Crippen molar-refractivity contribution >= 4 is 5.78 Å². The van der Waals surface area contributed by atoms with Crippen LogP contribution in [0.5, 0.6) is 5.75 Å². The highest BCUT2D eigenvalue weighted by atomic mass is 19.1. The van der Waals surface area contributed by atoms with Gasteiger partial charge in [0.2, 0.25) is 0 Å². The van der Waals surface area contributed by atoms with Crippen molar-refractivity contribution in [3.63, 3.8) is 0 Å². The lowest BCUT2D eigenvalue weighted by molar-refractivity contribution is 0.0473. The van der Waals surface area contributed by atoms with Gasteiger partial charge in [-0.3, -0.25) is 4.79 Å². The Balaban J connectivity index is 2.52. The molecule has 1 rings (SSSR count). The fourth-order valence-electron chi connectivity index (χ4n) is 1.40. The van der Waals surface area contributed by atoms with E-state index in [-0.39, 0.29) is 18.0 Å². The number of halogens is 1. The lowest BCUT2D eigenvalue weighted by Gasteiger charge is -2.08. The Labute approximate surface area is 106 Å². The quantitative estimate of drug-likeness (QED) is 0.527. The Bertz CT molecular complexity index is 393. The summed E-state index contributed by atoms with van der Waals surface area (Å²) in [4.78, 5) is 11.8. The molecular weight excluding hydrogens is 239 g/mol. The highest BCUT2D eigenvalue weighted by molar-refractivity contribution is 5.99. The van der Waals surface area contributed by atoms with Crippen LogP contribution in [-0.2, 0) is 9.47 Å². The van der Waals surface area contributed by atoms with E-state index in [9.17, 15) is 9.18 Å². The molecule has 0 N–H and O–H groups in total. The van der Waals surface area contributed by atoms with Crippen molar-refractivity contribution < 1.29 is 23.4 Å². The molecular formula is C13H17FO4. The molecule has 0 saturated heterocycles. The molecule has 4 nitrogen and oxygen atoms in total. The summed E-state index contributed by atoms with van der Waals surface area (Å²) in [5.74, 6) is -0.453. The summed E-state index contributed by atoms with van der Waals surface area (Å²) in [6.45, 7) is 3.13. The fraction of sp³-hybridized carbons (Fsp3) is 0.462. The molecule has 0 radical (unpaired) electrons. The topological polar surface area (TPSA) is 44.8 Å². The van der Waals surface area contributed by atoms with Crippen LogP contribution in [-0.4, -0.2) is 39.3 Å². The van der Waals surface area contributed by atoms with Gasteiger partial charge in [0, 0.05) is 6.61 Å². The van der Waals surface area contributed by atoms with Crippen molar-refractivity contribution in [2.24, 2.45) is 0 Å². The molecule has 5 heteroatoms. The van der Waals surface area contributed by atoms with Crippen LogP contribution in [0.4, 0.5) is 4.39 Å². The molecule has 1 aromatic carbocycles. The van der Waals surface area contributed by atoms with Gasteiger partial charge in [0.1, 0.15) is 18.2 Å². The van der Waals surface area contributed by atoms with Crippen molar-refractivity contribution in [2.45, 2.75) is 6.92 Å². The second-order valence-corrected chi connectivity index (χ2v) is 3.52. The van der Waals surface area contributed by atoms with Gasteiger partial charge in [-0.2, -0.15) is 0 Å². The zero-order chi connectivity index (χ0) is 13.4. The minimum Gasteiger partial charge on any atom is -0.496 e. The van der Waals surface area contributed by atoms with Crippen LogP contribution in [0.25, 0.3) is 0 Å². The van der Waals surface area contributed by atoms with Gasteiger partial charge in [0.05, 0.1) is 25.9 Å². The number of ether oxygens (including phenoxy) is 3. The molecule has 0 amide bonds. The first kappa shape index (κ1) is 14.6. The van der Waals surface area contributed by atoms with E-state index in [0.717, 1.165) is 6.07 Å². The summed E-state index contributed by atoms with van der Waals surface area (Å²) >= 11 is 0. The Morgan fingerprint density at radius 2 is 2.00 bits per heavy atom. The molecule has 0 heterocycles. The van der Waals surface area contributed by atoms with Gasteiger partial charge in [-0.1, -0.05) is 0 Å². The monoisotopic (exact) mass is 256 g/mol. The third-order valence-electron chi connectivity index (χ3n) is 2.27. The van der Waals surface area contributed by atoms with Gasteiger partial charge in [-0.05, 0) is 25.1 Å². The maximum absolute atomic E-state index is 13.1. The van der Waals surface area contributed by atoms with E-state index >= 15 is 0 Å². The highest BCUT2D eigenvalue weighted by Gasteiger charge is 2.13. The summed E-state index contributed by atoms with van der Waals surface area (Å²) in [5.41, 5.74) is 0.189. The molecule has 0 spiro atoms. The van der Waals surface area contributed by atoms with Gasteiger partial charge < -0.3 is 14.2 Å². The third kappa shape index (κ3) is 4.43. The standard InChI is InChI=1S/C13H17FO4/c1-3-17-6-7-18-9-12(15)11-8-10(14)4-5-13(11)16-2/h4-5,8H,3,6-7,9H2,1-2H3. The number of rotatable bonds is 8. The zero-order valence-electron chi connectivity index (χ0n) is 10.6. The molecule has 0 aliphatic carbocycles. The number of hydrogen-bond acceptors (Lipinski definition) is 4. The lowest BCUT2D eigenvalue weighted by atomic mass is 10.1. The number of benzene rings is 1. The molecule has 0 unspecified atom stereocenters. The van der Waals surface area contributed by atoms with E-state index in [2.05, 4.69) is 0 Å². The van der Waals surface area contributed by atoms with Crippen molar-refractivity contribution in [3.05, 3.63) is 29.6 Å². The van der Waals surface area contributed by atoms with Crippen molar-refractivity contribution in [2.75, 3.05) is 33.5 Å². The maximum Gasteiger partial charge on any atom is 0.192 e. The first-order valence-corrected chi connectivity index (χ1v) is 5.71. The summed E-state index contributed by atoms with van der Waals surface area (Å²) in [7, 11) is 1.43. The van der Waals surface area contributed by atoms with Crippen molar-refractivity contribution in [3.8, 4) is 5.75 Å². The molecule has 0 atom stereocenters. The summed E-state index contributed by atoms with van der Waals surface area (Å²) < 4.78 is 28.3. The lowest BCUT2D eigenvalue weighted by Crippen LogP contribution is -2.13. The number of carbonyl (C=O) groups is 1. The Kier molecular flexibility index (Phi) is 6.32. The normalized spacial score (nSPS) is 10.4. The number of Topliss-reactive ketones (excluding diaryl/α,β-unsaturated/α-hetero) is 1. The molecule has 1 aromatic rings. The third-order valence-corrected chi connectivity index (χ3v) is 2.27. The van der Waals surface area contributed by atoms with E-state index in [1.165, 1.54) is 19.2 Å². The molecule has 0 aliphatic heterocycles. The van der Waals surface area contributed by atoms with E-state index in [0.29, 0.717) is 25.6 Å². The predicted molar refractivity (Wildman–Crippen MR) is 64.6 cm³/mol. The van der Waals surface area contributed by atoms with Gasteiger partial charge in [-0.25, -0.2) is 4.39 Å². The summed E-state index contributed by atoms with van der Waals surface area (Å²) in [6.07, 6.45) is 0. The second kappa shape index (κ2) is 7.79. The van der Waals surface area contributed by atoms with Gasteiger partial charge in [-0.15, -0.1) is 0 Å². The second-order valence-electron chi connectivity index (χ2n) is 3.52. The first-order valence-electron chi connectivity index (χ1n) is 5.71. The number of methoxy groups -OCH3 is 1. The molecule has 0 fully saturated rings. The van der Waals surface area contributed by atoms with Crippen molar-refractivity contribution in [1.82, 2.24) is 0 Å². The SMILES string of the molecule is CCOCCOCC(=O)c1cc(F)ccc1OC. The Morgan fingerprint density at radius 3 is 2.67 bits per heavy atom. The van der Waals surface area contributed by atoms with E-state index in [1.54, 1.807) is 0 Å². The molecule has 0 bridgehead atoms. The first-order chi connectivity index (χ1) is 8.69. The maximum atomic E-state index is 13.1. The molecule has 100 valence electrons. The molecule has 0 aromatic heterocycles. The van der Waals surface area contributed by atoms with E-state index < -0.39 is 5.82 Å². The minimum atomic E-state index is -0.478. The number of hydrogen-bond donors (Lipinski definition) is 0. The molecule has 0 aliphatic rings. The van der Waals surface area contributed by atoms with Gasteiger partial charge >= 0.3 is 0 Å². The minimum absolute atomic E-state index is 0.118. The van der Waals surface area contributed by atoms with Gasteiger partial charge in [0.15, 0.2) is 5.78 Å². The average molecular weight is 256 g/mol. The van der Waals surface area contributed by atoms with Crippen LogP contribution in [0, 0.1) is 5.82 Å². The Hall–Kier alpha value is -1.46. The largest absolute Gasteiger partial charge is 0.496 e. The van der Waals surface area contributed by atoms with Crippen LogP contribution in [0.15, 0.2) is 18.2 Å². The Morgan fingerprint density at radius 1 is 1.28 bits per heavy atom. The number of ketones is 1. The van der Waals surface area contributed by atoms with Crippen LogP contribution in [0.2, 0.25) is 0 Å². The highest BCUT2D eigenvalue weighted by Crippen LogP contribution is 2.19. The molecule has 0 saturated carbocycles. The predicted octanol–water partition coefficient (Wildman–Crippen LogP) is 2.07. The van der Waals surface area contributed by atoms with Crippen molar-refractivity contribution in [1.29, 1.82) is 0 Å². The molecule has 18 heavy (non-hydrogen) atoms. The van der Waals surface area contributed by atoms with Crippen LogP contribution < -0.4 is 4.74 Å². The van der Waals surface area contributed by atoms with Crippen LogP contribution in [0.3, 0.4) is 0 Å². The van der Waals surface area contributed by atoms with Crippen LogP contribution >= 0.6 is 0 Å². The zero-order valence-corrected chi connectivity index (χ0v) is 10.6. The summed E-state index contributed by atoms with van der Waals surface area (Å²) in [5, 5.41) is 0. The smallest absolute Gasteiger partial charge is 0.192 e. The average Bonchev–Trinajstić information content (AvgIpc) is 2.38. The van der Waals surface area contributed by atoms with Gasteiger partial charge in [0.25, 0.3) is 0 Å². The number of carbonyl (C=O) groups excluding carboxylic acids is 1. The van der Waals surface area contributed by atoms with E-state index in [4.69, 9.17) is 14.2 Å².